The highest BCUT2D eigenvalue weighted by Crippen LogP contribution is 2.41. The lowest BCUT2D eigenvalue weighted by Gasteiger charge is -2.25. The number of pyridine rings is 1. The summed E-state index contributed by atoms with van der Waals surface area (Å²) in [7, 11) is 0. The van der Waals surface area contributed by atoms with Crippen LogP contribution in [0, 0.1) is 6.92 Å². The zero-order valence-corrected chi connectivity index (χ0v) is 16.3. The van der Waals surface area contributed by atoms with Crippen molar-refractivity contribution in [2.45, 2.75) is 13.0 Å². The molecule has 0 saturated carbocycles. The number of rotatable bonds is 3. The van der Waals surface area contributed by atoms with Crippen LogP contribution in [0.2, 0.25) is 5.02 Å². The number of benzene rings is 2. The average molecular weight is 405 g/mol. The Hall–Kier alpha value is -3.44. The van der Waals surface area contributed by atoms with Crippen molar-refractivity contribution in [3.8, 4) is 0 Å². The Balaban J connectivity index is 1.94. The number of anilines is 1. The second-order valence-electron chi connectivity index (χ2n) is 6.80. The van der Waals surface area contributed by atoms with Crippen LogP contribution >= 0.6 is 11.6 Å². The summed E-state index contributed by atoms with van der Waals surface area (Å²) in [6, 6.07) is 16.6. The molecule has 0 spiro atoms. The summed E-state index contributed by atoms with van der Waals surface area (Å²) in [5.74, 6) is -1.69. The molecule has 1 aliphatic rings. The minimum Gasteiger partial charge on any atom is -0.507 e. The second-order valence-corrected chi connectivity index (χ2v) is 7.23. The van der Waals surface area contributed by atoms with Crippen LogP contribution in [0.25, 0.3) is 5.76 Å². The molecule has 0 unspecified atom stereocenters. The Kier molecular flexibility index (Phi) is 4.91. The highest BCUT2D eigenvalue weighted by Gasteiger charge is 2.47. The Morgan fingerprint density at radius 3 is 2.34 bits per heavy atom. The second kappa shape index (κ2) is 7.53. The van der Waals surface area contributed by atoms with Crippen LogP contribution in [0.3, 0.4) is 0 Å². The van der Waals surface area contributed by atoms with Gasteiger partial charge in [-0.25, -0.2) is 0 Å². The molecule has 6 heteroatoms. The number of ketones is 1. The summed E-state index contributed by atoms with van der Waals surface area (Å²) < 4.78 is 0. The fourth-order valence-electron chi connectivity index (χ4n) is 3.42. The van der Waals surface area contributed by atoms with E-state index in [1.165, 1.54) is 11.1 Å². The van der Waals surface area contributed by atoms with Gasteiger partial charge in [0.1, 0.15) is 5.76 Å². The Labute approximate surface area is 172 Å². The maximum atomic E-state index is 13.0. The third kappa shape index (κ3) is 3.41. The van der Waals surface area contributed by atoms with Crippen LogP contribution in [0.4, 0.5) is 5.69 Å². The summed E-state index contributed by atoms with van der Waals surface area (Å²) in [5.41, 5.74) is 2.69. The van der Waals surface area contributed by atoms with E-state index in [-0.39, 0.29) is 11.3 Å². The van der Waals surface area contributed by atoms with Crippen LogP contribution in [0.1, 0.15) is 22.7 Å². The van der Waals surface area contributed by atoms with E-state index in [1.807, 2.05) is 31.2 Å². The average Bonchev–Trinajstić information content (AvgIpc) is 3.00. The van der Waals surface area contributed by atoms with Crippen LogP contribution in [0.5, 0.6) is 0 Å². The topological polar surface area (TPSA) is 70.5 Å². The number of aryl methyl sites for hydroxylation is 1. The van der Waals surface area contributed by atoms with Crippen molar-refractivity contribution in [3.63, 3.8) is 0 Å². The standard InChI is InChI=1S/C23H17ClN2O3/c1-14-4-6-15(7-5-14)20-19(21(27)16-8-10-17(24)11-9-16)22(28)23(29)26(20)18-3-2-12-25-13-18/h2-13,20,27H,1H3/t20-/m1/s1. The molecule has 2 aromatic carbocycles. The zero-order chi connectivity index (χ0) is 20.5. The number of aliphatic hydroxyl groups excluding tert-OH is 1. The largest absolute Gasteiger partial charge is 0.507 e. The van der Waals surface area contributed by atoms with E-state index in [1.54, 1.807) is 42.6 Å². The molecule has 1 atom stereocenters. The number of hydrogen-bond acceptors (Lipinski definition) is 4. The summed E-state index contributed by atoms with van der Waals surface area (Å²) in [5, 5.41) is 11.5. The van der Waals surface area contributed by atoms with Crippen LogP contribution in [-0.4, -0.2) is 21.8 Å². The number of aliphatic hydroxyl groups is 1. The van der Waals surface area contributed by atoms with Gasteiger partial charge < -0.3 is 5.11 Å². The fraction of sp³-hybridized carbons (Fsp3) is 0.0870. The molecular weight excluding hydrogens is 388 g/mol. The van der Waals surface area contributed by atoms with E-state index in [0.29, 0.717) is 21.8 Å². The first kappa shape index (κ1) is 18.9. The monoisotopic (exact) mass is 404 g/mol. The van der Waals surface area contributed by atoms with E-state index >= 15 is 0 Å². The van der Waals surface area contributed by atoms with Crippen LogP contribution in [-0.2, 0) is 9.59 Å². The quantitative estimate of drug-likeness (QED) is 0.391. The number of aromatic nitrogens is 1. The van der Waals surface area contributed by atoms with Crippen molar-refractivity contribution in [2.24, 2.45) is 0 Å². The first-order valence-electron chi connectivity index (χ1n) is 9.01. The van der Waals surface area contributed by atoms with E-state index in [4.69, 9.17) is 11.6 Å². The molecule has 3 aromatic rings. The summed E-state index contributed by atoms with van der Waals surface area (Å²) >= 11 is 5.94. The van der Waals surface area contributed by atoms with Crippen molar-refractivity contribution in [2.75, 3.05) is 4.90 Å². The van der Waals surface area contributed by atoms with Crippen molar-refractivity contribution < 1.29 is 14.7 Å². The first-order chi connectivity index (χ1) is 14.0. The molecule has 5 nitrogen and oxygen atoms in total. The highest BCUT2D eigenvalue weighted by molar-refractivity contribution is 6.51. The minimum absolute atomic E-state index is 0.0324. The minimum atomic E-state index is -0.768. The zero-order valence-electron chi connectivity index (χ0n) is 15.5. The molecule has 0 aliphatic carbocycles. The lowest BCUT2D eigenvalue weighted by atomic mass is 9.94. The fourth-order valence-corrected chi connectivity index (χ4v) is 3.55. The van der Waals surface area contributed by atoms with Gasteiger partial charge in [0, 0.05) is 16.8 Å². The van der Waals surface area contributed by atoms with E-state index in [9.17, 15) is 14.7 Å². The van der Waals surface area contributed by atoms with Gasteiger partial charge in [0.2, 0.25) is 0 Å². The molecule has 0 radical (unpaired) electrons. The molecular formula is C23H17ClN2O3. The molecule has 0 bridgehead atoms. The summed E-state index contributed by atoms with van der Waals surface area (Å²) in [6.07, 6.45) is 3.11. The smallest absolute Gasteiger partial charge is 0.300 e. The van der Waals surface area contributed by atoms with E-state index < -0.39 is 17.7 Å². The van der Waals surface area contributed by atoms with Gasteiger partial charge in [-0.1, -0.05) is 41.4 Å². The molecule has 1 aliphatic heterocycles. The number of hydrogen-bond donors (Lipinski definition) is 1. The number of nitrogens with zero attached hydrogens (tertiary/aromatic N) is 2. The van der Waals surface area contributed by atoms with Gasteiger partial charge in [-0.15, -0.1) is 0 Å². The van der Waals surface area contributed by atoms with Crippen LogP contribution in [0.15, 0.2) is 78.6 Å². The lowest BCUT2D eigenvalue weighted by Crippen LogP contribution is -2.29. The van der Waals surface area contributed by atoms with Crippen molar-refractivity contribution in [3.05, 3.63) is 100 Å². The Morgan fingerprint density at radius 2 is 1.72 bits per heavy atom. The molecule has 1 fully saturated rings. The predicted molar refractivity (Wildman–Crippen MR) is 112 cm³/mol. The van der Waals surface area contributed by atoms with Gasteiger partial charge in [-0.2, -0.15) is 0 Å². The number of carbonyl (C=O) groups is 2. The van der Waals surface area contributed by atoms with Crippen LogP contribution < -0.4 is 4.90 Å². The van der Waals surface area contributed by atoms with Crippen molar-refractivity contribution in [1.29, 1.82) is 0 Å². The SMILES string of the molecule is Cc1ccc([C@@H]2C(=C(O)c3ccc(Cl)cc3)C(=O)C(=O)N2c2cccnc2)cc1. The molecule has 1 aromatic heterocycles. The van der Waals surface area contributed by atoms with Gasteiger partial charge >= 0.3 is 0 Å². The van der Waals surface area contributed by atoms with Crippen molar-refractivity contribution >= 4 is 34.7 Å². The van der Waals surface area contributed by atoms with Gasteiger partial charge in [0.05, 0.1) is 23.5 Å². The molecule has 4 rings (SSSR count). The highest BCUT2D eigenvalue weighted by atomic mass is 35.5. The first-order valence-corrected chi connectivity index (χ1v) is 9.38. The predicted octanol–water partition coefficient (Wildman–Crippen LogP) is 4.67. The summed E-state index contributed by atoms with van der Waals surface area (Å²) in [4.78, 5) is 31.4. The molecule has 144 valence electrons. The van der Waals surface area contributed by atoms with Gasteiger partial charge in [0.25, 0.3) is 11.7 Å². The molecule has 2 heterocycles. The lowest BCUT2D eigenvalue weighted by molar-refractivity contribution is -0.132. The number of Topliss-reactive ketones (excluding diaryl/α,β-unsaturated/α-hetero) is 1. The van der Waals surface area contributed by atoms with Crippen molar-refractivity contribution in [1.82, 2.24) is 4.98 Å². The molecule has 1 N–H and O–H groups in total. The number of halogens is 1. The Morgan fingerprint density at radius 1 is 1.03 bits per heavy atom. The Bertz CT molecular complexity index is 1110. The van der Waals surface area contributed by atoms with Gasteiger partial charge in [-0.05, 0) is 48.9 Å². The third-order valence-electron chi connectivity index (χ3n) is 4.88. The molecule has 1 saturated heterocycles. The number of amides is 1. The summed E-state index contributed by atoms with van der Waals surface area (Å²) in [6.45, 7) is 1.95. The van der Waals surface area contributed by atoms with E-state index in [2.05, 4.69) is 4.98 Å². The molecule has 29 heavy (non-hydrogen) atoms. The van der Waals surface area contributed by atoms with Gasteiger partial charge in [-0.3, -0.25) is 19.5 Å². The normalized spacial score (nSPS) is 18.3. The maximum absolute atomic E-state index is 13.0. The number of carbonyl (C=O) groups excluding carboxylic acids is 2. The third-order valence-corrected chi connectivity index (χ3v) is 5.13. The molecule has 1 amide bonds. The maximum Gasteiger partial charge on any atom is 0.300 e. The van der Waals surface area contributed by atoms with E-state index in [0.717, 1.165) is 5.56 Å². The van der Waals surface area contributed by atoms with Gasteiger partial charge in [0.15, 0.2) is 0 Å².